The molecule has 16 heavy (non-hydrogen) atoms. The van der Waals surface area contributed by atoms with E-state index in [4.69, 9.17) is 15.6 Å². The Balaban J connectivity index is 4.67. The highest BCUT2D eigenvalue weighted by molar-refractivity contribution is 5.71. The molecule has 0 saturated carbocycles. The van der Waals surface area contributed by atoms with E-state index in [1.807, 2.05) is 0 Å². The van der Waals surface area contributed by atoms with Crippen molar-refractivity contribution >= 4 is 5.97 Å². The van der Waals surface area contributed by atoms with E-state index in [9.17, 15) is 18.0 Å². The van der Waals surface area contributed by atoms with Gasteiger partial charge in [0, 0.05) is 6.54 Å². The van der Waals surface area contributed by atoms with Gasteiger partial charge in [-0.3, -0.25) is 9.69 Å². The van der Waals surface area contributed by atoms with E-state index in [2.05, 4.69) is 0 Å². The maximum Gasteiger partial charge on any atom is 0.403 e. The molecule has 8 heteroatoms. The van der Waals surface area contributed by atoms with Gasteiger partial charge in [-0.05, 0) is 0 Å². The van der Waals surface area contributed by atoms with Crippen molar-refractivity contribution in [3.8, 4) is 12.1 Å². The minimum atomic E-state index is -4.89. The van der Waals surface area contributed by atoms with Crippen molar-refractivity contribution in [1.82, 2.24) is 4.90 Å². The van der Waals surface area contributed by atoms with Crippen LogP contribution in [0.4, 0.5) is 13.2 Å². The summed E-state index contributed by atoms with van der Waals surface area (Å²) in [7, 11) is 0. The minimum absolute atomic E-state index is 0.423. The van der Waals surface area contributed by atoms with Gasteiger partial charge in [0.25, 0.3) is 0 Å². The Hall–Kier alpha value is -1.80. The lowest BCUT2D eigenvalue weighted by atomic mass is 10.1. The summed E-state index contributed by atoms with van der Waals surface area (Å²) < 4.78 is 36.7. The van der Waals surface area contributed by atoms with Crippen molar-refractivity contribution in [2.24, 2.45) is 5.92 Å². The summed E-state index contributed by atoms with van der Waals surface area (Å²) in [4.78, 5) is 11.2. The van der Waals surface area contributed by atoms with Crippen LogP contribution in [0.2, 0.25) is 0 Å². The van der Waals surface area contributed by atoms with Crippen molar-refractivity contribution in [3.05, 3.63) is 0 Å². The molecule has 0 aliphatic heterocycles. The Morgan fingerprint density at radius 3 is 2.00 bits per heavy atom. The van der Waals surface area contributed by atoms with E-state index >= 15 is 0 Å². The molecule has 88 valence electrons. The van der Waals surface area contributed by atoms with Crippen LogP contribution in [-0.4, -0.2) is 41.8 Å². The highest BCUT2D eigenvalue weighted by atomic mass is 19.4. The zero-order valence-corrected chi connectivity index (χ0v) is 8.03. The second-order valence-electron chi connectivity index (χ2n) is 2.92. The summed E-state index contributed by atoms with van der Waals surface area (Å²) in [5.41, 5.74) is 0. The first kappa shape index (κ1) is 14.2. The lowest BCUT2D eigenvalue weighted by molar-refractivity contribution is -0.196. The third kappa shape index (κ3) is 4.62. The molecule has 0 aromatic rings. The van der Waals surface area contributed by atoms with Crippen LogP contribution in [0.1, 0.15) is 0 Å². The maximum atomic E-state index is 12.2. The first-order valence-corrected chi connectivity index (χ1v) is 4.08. The third-order valence-electron chi connectivity index (χ3n) is 1.72. The molecule has 0 radical (unpaired) electrons. The number of nitrogens with zero attached hydrogens (tertiary/aromatic N) is 3. The molecule has 0 bridgehead atoms. The standard InChI is InChI=1S/C8H8F3N3O2/c9-8(10,11)6(7(15)16)5-14(3-1-12)4-2-13/h6H,3-5H2,(H,15,16). The molecule has 1 N–H and O–H groups in total. The summed E-state index contributed by atoms with van der Waals surface area (Å²) in [6, 6.07) is 3.13. The summed E-state index contributed by atoms with van der Waals surface area (Å²) in [5.74, 6) is -4.61. The lowest BCUT2D eigenvalue weighted by Crippen LogP contribution is -2.41. The van der Waals surface area contributed by atoms with E-state index < -0.39 is 37.7 Å². The predicted molar refractivity (Wildman–Crippen MR) is 44.8 cm³/mol. The van der Waals surface area contributed by atoms with Gasteiger partial charge in [0.1, 0.15) is 0 Å². The van der Waals surface area contributed by atoms with E-state index in [1.54, 1.807) is 12.1 Å². The maximum absolute atomic E-state index is 12.2. The number of nitriles is 2. The summed E-state index contributed by atoms with van der Waals surface area (Å²) in [6.07, 6.45) is -4.89. The molecule has 0 saturated heterocycles. The molecule has 0 fully saturated rings. The van der Waals surface area contributed by atoms with E-state index in [1.165, 1.54) is 0 Å². The number of halogens is 3. The monoisotopic (exact) mass is 235 g/mol. The molecule has 0 rings (SSSR count). The van der Waals surface area contributed by atoms with Gasteiger partial charge >= 0.3 is 12.1 Å². The molecule has 0 heterocycles. The number of alkyl halides is 3. The van der Waals surface area contributed by atoms with Crippen LogP contribution in [0, 0.1) is 28.6 Å². The number of rotatable bonds is 5. The van der Waals surface area contributed by atoms with Gasteiger partial charge in [0.2, 0.25) is 0 Å². The van der Waals surface area contributed by atoms with Gasteiger partial charge in [-0.1, -0.05) is 0 Å². The van der Waals surface area contributed by atoms with Crippen LogP contribution < -0.4 is 0 Å². The molecule has 0 aromatic carbocycles. The number of carbonyl (C=O) groups is 1. The fraction of sp³-hybridized carbons (Fsp3) is 0.625. The van der Waals surface area contributed by atoms with Gasteiger partial charge in [-0.25, -0.2) is 0 Å². The zero-order chi connectivity index (χ0) is 12.8. The average molecular weight is 235 g/mol. The Bertz CT molecular complexity index is 313. The minimum Gasteiger partial charge on any atom is -0.481 e. The van der Waals surface area contributed by atoms with Crippen LogP contribution in [0.5, 0.6) is 0 Å². The molecule has 0 aromatic heterocycles. The number of carboxylic acids is 1. The van der Waals surface area contributed by atoms with Gasteiger partial charge in [0.05, 0.1) is 25.2 Å². The van der Waals surface area contributed by atoms with Crippen molar-refractivity contribution < 1.29 is 23.1 Å². The zero-order valence-electron chi connectivity index (χ0n) is 8.03. The molecule has 0 amide bonds. The second-order valence-corrected chi connectivity index (χ2v) is 2.92. The summed E-state index contributed by atoms with van der Waals surface area (Å²) >= 11 is 0. The molecule has 1 atom stereocenters. The molecule has 0 spiro atoms. The molecule has 5 nitrogen and oxygen atoms in total. The molecular formula is C8H8F3N3O2. The number of carboxylic acid groups (broad SMARTS) is 1. The van der Waals surface area contributed by atoms with E-state index in [0.717, 1.165) is 4.90 Å². The molecule has 0 aliphatic rings. The lowest BCUT2D eigenvalue weighted by Gasteiger charge is -2.22. The smallest absolute Gasteiger partial charge is 0.403 e. The first-order valence-electron chi connectivity index (χ1n) is 4.08. The van der Waals surface area contributed by atoms with Crippen molar-refractivity contribution in [1.29, 1.82) is 10.5 Å². The molecule has 0 aliphatic carbocycles. The normalized spacial score (nSPS) is 12.9. The number of hydrogen-bond acceptors (Lipinski definition) is 4. The third-order valence-corrected chi connectivity index (χ3v) is 1.72. The SMILES string of the molecule is N#CCN(CC#N)CC(C(=O)O)C(F)(F)F. The van der Waals surface area contributed by atoms with Crippen LogP contribution in [-0.2, 0) is 4.79 Å². The fourth-order valence-corrected chi connectivity index (χ4v) is 0.965. The Morgan fingerprint density at radius 1 is 1.31 bits per heavy atom. The van der Waals surface area contributed by atoms with E-state index in [0.29, 0.717) is 0 Å². The Kier molecular flexibility index (Phi) is 5.26. The topological polar surface area (TPSA) is 88.1 Å². The van der Waals surface area contributed by atoms with Crippen LogP contribution >= 0.6 is 0 Å². The quantitative estimate of drug-likeness (QED) is 0.705. The number of aliphatic carboxylic acids is 1. The first-order chi connectivity index (χ1) is 7.32. The predicted octanol–water partition coefficient (Wildman–Crippen LogP) is 0.599. The number of hydrogen-bond donors (Lipinski definition) is 1. The fourth-order valence-electron chi connectivity index (χ4n) is 0.965. The van der Waals surface area contributed by atoms with Gasteiger partial charge in [-0.15, -0.1) is 0 Å². The van der Waals surface area contributed by atoms with Crippen molar-refractivity contribution in [2.45, 2.75) is 6.18 Å². The van der Waals surface area contributed by atoms with Crippen LogP contribution in [0.15, 0.2) is 0 Å². The molecule has 1 unspecified atom stereocenters. The largest absolute Gasteiger partial charge is 0.481 e. The van der Waals surface area contributed by atoms with Gasteiger partial charge in [0.15, 0.2) is 5.92 Å². The second kappa shape index (κ2) is 5.93. The van der Waals surface area contributed by atoms with Crippen LogP contribution in [0.3, 0.4) is 0 Å². The summed E-state index contributed by atoms with van der Waals surface area (Å²) in [6.45, 7) is -1.75. The van der Waals surface area contributed by atoms with Gasteiger partial charge in [-0.2, -0.15) is 23.7 Å². The molecular weight excluding hydrogens is 227 g/mol. The van der Waals surface area contributed by atoms with Gasteiger partial charge < -0.3 is 5.11 Å². The average Bonchev–Trinajstić information content (AvgIpc) is 2.12. The summed E-state index contributed by atoms with van der Waals surface area (Å²) in [5, 5.41) is 25.0. The highest BCUT2D eigenvalue weighted by Crippen LogP contribution is 2.27. The Labute approximate surface area is 89.3 Å². The Morgan fingerprint density at radius 2 is 1.75 bits per heavy atom. The van der Waals surface area contributed by atoms with Crippen molar-refractivity contribution in [3.63, 3.8) is 0 Å². The van der Waals surface area contributed by atoms with Crippen molar-refractivity contribution in [2.75, 3.05) is 19.6 Å². The highest BCUT2D eigenvalue weighted by Gasteiger charge is 2.45. The van der Waals surface area contributed by atoms with E-state index in [-0.39, 0.29) is 0 Å². The van der Waals surface area contributed by atoms with Crippen LogP contribution in [0.25, 0.3) is 0 Å².